The highest BCUT2D eigenvalue weighted by atomic mass is 32.2. The second-order valence-electron chi connectivity index (χ2n) is 4.35. The predicted molar refractivity (Wildman–Crippen MR) is 87.8 cm³/mol. The maximum atomic E-state index is 11.2. The molecule has 0 aliphatic rings. The number of azo groups is 1. The number of hydrogen-bond donors (Lipinski definition) is 2. The Bertz CT molecular complexity index is 924. The zero-order chi connectivity index (χ0) is 16.4. The van der Waals surface area contributed by atoms with Crippen LogP contribution in [0.2, 0.25) is 0 Å². The van der Waals surface area contributed by atoms with Crippen LogP contribution < -0.4 is 5.73 Å². The van der Waals surface area contributed by atoms with E-state index in [2.05, 4.69) is 24.6 Å². The van der Waals surface area contributed by atoms with E-state index < -0.39 is 5.91 Å². The maximum absolute atomic E-state index is 11.2. The first-order valence-electron chi connectivity index (χ1n) is 6.29. The molecule has 8 nitrogen and oxygen atoms in total. The van der Waals surface area contributed by atoms with Crippen molar-refractivity contribution in [2.75, 3.05) is 6.26 Å². The Hall–Kier alpha value is -2.59. The van der Waals surface area contributed by atoms with Crippen LogP contribution in [0.4, 0.5) is 10.7 Å². The van der Waals surface area contributed by atoms with E-state index in [0.717, 1.165) is 11.5 Å². The van der Waals surface area contributed by atoms with Gasteiger partial charge in [-0.1, -0.05) is 11.8 Å². The van der Waals surface area contributed by atoms with Crippen molar-refractivity contribution >= 4 is 50.9 Å². The largest absolute Gasteiger partial charge is 0.507 e. The number of nitrogens with two attached hydrogens (primary N) is 1. The molecule has 0 saturated heterocycles. The van der Waals surface area contributed by atoms with Crippen molar-refractivity contribution < 1.29 is 9.90 Å². The number of carbonyl (C=O) groups is 1. The first-order chi connectivity index (χ1) is 11.1. The smallest absolute Gasteiger partial charge is 0.252 e. The number of fused-ring (bicyclic) bond motifs is 1. The second-order valence-corrected chi connectivity index (χ2v) is 5.87. The third-order valence-corrected chi connectivity index (χ3v) is 4.18. The zero-order valence-corrected chi connectivity index (χ0v) is 13.4. The van der Waals surface area contributed by atoms with E-state index in [-0.39, 0.29) is 11.3 Å². The van der Waals surface area contributed by atoms with Gasteiger partial charge in [-0.2, -0.15) is 4.37 Å². The summed E-state index contributed by atoms with van der Waals surface area (Å²) in [6.07, 6.45) is 3.53. The van der Waals surface area contributed by atoms with Crippen LogP contribution in [0.3, 0.4) is 0 Å². The minimum atomic E-state index is -0.735. The monoisotopic (exact) mass is 346 g/mol. The van der Waals surface area contributed by atoms with E-state index in [1.807, 2.05) is 6.26 Å². The maximum Gasteiger partial charge on any atom is 0.252 e. The van der Waals surface area contributed by atoms with E-state index in [1.165, 1.54) is 30.0 Å². The fourth-order valence-electron chi connectivity index (χ4n) is 1.77. The lowest BCUT2D eigenvalue weighted by molar-refractivity contribution is 0.0998. The summed E-state index contributed by atoms with van der Waals surface area (Å²) in [7, 11) is 0. The number of hydrogen-bond acceptors (Lipinski definition) is 9. The van der Waals surface area contributed by atoms with Crippen LogP contribution in [0.5, 0.6) is 5.75 Å². The summed E-state index contributed by atoms with van der Waals surface area (Å²) in [6, 6.07) is 4.23. The highest BCUT2D eigenvalue weighted by Gasteiger charge is 2.10. The summed E-state index contributed by atoms with van der Waals surface area (Å²) < 4.78 is 4.21. The van der Waals surface area contributed by atoms with Gasteiger partial charge in [-0.15, -0.1) is 10.2 Å². The summed E-state index contributed by atoms with van der Waals surface area (Å²) in [5, 5.41) is 19.6. The lowest BCUT2D eigenvalue weighted by Crippen LogP contribution is -2.10. The molecule has 3 rings (SSSR count). The van der Waals surface area contributed by atoms with Crippen molar-refractivity contribution in [3.8, 4) is 5.75 Å². The molecule has 0 spiro atoms. The number of primary amides is 1. The quantitative estimate of drug-likeness (QED) is 0.425. The lowest BCUT2D eigenvalue weighted by atomic mass is 10.2. The Balaban J connectivity index is 1.94. The van der Waals surface area contributed by atoms with E-state index in [9.17, 15) is 9.90 Å². The molecule has 3 N–H and O–H groups in total. The van der Waals surface area contributed by atoms with Gasteiger partial charge in [0.2, 0.25) is 0 Å². The number of amides is 1. The van der Waals surface area contributed by atoms with Gasteiger partial charge in [-0.25, -0.2) is 9.97 Å². The molecule has 0 fully saturated rings. The molecule has 0 radical (unpaired) electrons. The molecule has 0 saturated carbocycles. The summed E-state index contributed by atoms with van der Waals surface area (Å²) in [6.45, 7) is 0. The highest BCUT2D eigenvalue weighted by Crippen LogP contribution is 2.32. The first-order valence-corrected chi connectivity index (χ1v) is 8.29. The molecule has 3 aromatic rings. The number of carbonyl (C=O) groups excluding carboxylic acids is 1. The van der Waals surface area contributed by atoms with Crippen LogP contribution in [0.25, 0.3) is 11.0 Å². The summed E-state index contributed by atoms with van der Waals surface area (Å²) in [5.74, 6) is -0.932. The minimum absolute atomic E-state index is 0.0106. The summed E-state index contributed by atoms with van der Waals surface area (Å²) >= 11 is 2.58. The minimum Gasteiger partial charge on any atom is -0.507 e. The number of thioether (sulfide) groups is 1. The van der Waals surface area contributed by atoms with Crippen molar-refractivity contribution in [3.63, 3.8) is 0 Å². The number of aromatic nitrogens is 3. The van der Waals surface area contributed by atoms with Gasteiger partial charge >= 0.3 is 0 Å². The van der Waals surface area contributed by atoms with Crippen LogP contribution in [0.15, 0.2) is 39.8 Å². The van der Waals surface area contributed by atoms with E-state index >= 15 is 0 Å². The third kappa shape index (κ3) is 3.12. The Morgan fingerprint density at radius 3 is 2.96 bits per heavy atom. The predicted octanol–water partition coefficient (Wildman–Crippen LogP) is 3.03. The standard InChI is InChI=1S/C13H10N6O2S2/c1-22-13-15-5-8-11(16-13)19-23-12(8)18-17-6-2-3-9(20)7(4-6)10(14)21/h2-5,20H,1H3,(H2,14,21). The second kappa shape index (κ2) is 6.26. The highest BCUT2D eigenvalue weighted by molar-refractivity contribution is 7.98. The number of aromatic hydroxyl groups is 1. The molecule has 0 aliphatic carbocycles. The molecule has 2 heterocycles. The number of benzene rings is 1. The zero-order valence-electron chi connectivity index (χ0n) is 11.8. The first kappa shape index (κ1) is 15.3. The lowest BCUT2D eigenvalue weighted by Gasteiger charge is -2.00. The van der Waals surface area contributed by atoms with Gasteiger partial charge < -0.3 is 10.8 Å². The van der Waals surface area contributed by atoms with Gasteiger partial charge in [0, 0.05) is 6.20 Å². The SMILES string of the molecule is CSc1ncc2c(N=Nc3ccc(O)c(C(N)=O)c3)snc2n1. The van der Waals surface area contributed by atoms with Gasteiger partial charge in [-0.3, -0.25) is 4.79 Å². The van der Waals surface area contributed by atoms with Gasteiger partial charge in [0.25, 0.3) is 5.91 Å². The van der Waals surface area contributed by atoms with Crippen molar-refractivity contribution in [2.24, 2.45) is 16.0 Å². The van der Waals surface area contributed by atoms with E-state index in [4.69, 9.17) is 5.73 Å². The van der Waals surface area contributed by atoms with Crippen molar-refractivity contribution in [1.29, 1.82) is 0 Å². The molecular formula is C13H10N6O2S2. The average Bonchev–Trinajstić information content (AvgIpc) is 2.96. The number of phenols is 1. The topological polar surface area (TPSA) is 127 Å². The Labute approximate surface area is 138 Å². The fraction of sp³-hybridized carbons (Fsp3) is 0.0769. The molecular weight excluding hydrogens is 336 g/mol. The molecule has 0 bridgehead atoms. The molecule has 0 unspecified atom stereocenters. The average molecular weight is 346 g/mol. The molecule has 10 heteroatoms. The number of nitrogens with zero attached hydrogens (tertiary/aromatic N) is 5. The fourth-order valence-corrected chi connectivity index (χ4v) is 2.74. The summed E-state index contributed by atoms with van der Waals surface area (Å²) in [4.78, 5) is 19.7. The molecule has 1 amide bonds. The van der Waals surface area contributed by atoms with Gasteiger partial charge in [0.1, 0.15) is 5.75 Å². The number of rotatable bonds is 4. The van der Waals surface area contributed by atoms with E-state index in [0.29, 0.717) is 26.9 Å². The van der Waals surface area contributed by atoms with Crippen molar-refractivity contribution in [3.05, 3.63) is 30.0 Å². The van der Waals surface area contributed by atoms with Crippen LogP contribution in [0, 0.1) is 0 Å². The molecule has 0 atom stereocenters. The Morgan fingerprint density at radius 1 is 1.39 bits per heavy atom. The molecule has 0 aliphatic heterocycles. The summed E-state index contributed by atoms with van der Waals surface area (Å²) in [5.41, 5.74) is 6.12. The third-order valence-electron chi connectivity index (χ3n) is 2.88. The molecule has 23 heavy (non-hydrogen) atoms. The molecule has 2 aromatic heterocycles. The van der Waals surface area contributed by atoms with Crippen LogP contribution >= 0.6 is 23.3 Å². The van der Waals surface area contributed by atoms with Crippen molar-refractivity contribution in [2.45, 2.75) is 5.16 Å². The van der Waals surface area contributed by atoms with Crippen LogP contribution in [-0.4, -0.2) is 31.6 Å². The Morgan fingerprint density at radius 2 is 2.22 bits per heavy atom. The Kier molecular flexibility index (Phi) is 4.17. The normalized spacial score (nSPS) is 11.3. The molecule has 116 valence electrons. The van der Waals surface area contributed by atoms with Crippen molar-refractivity contribution in [1.82, 2.24) is 14.3 Å². The van der Waals surface area contributed by atoms with Crippen LogP contribution in [0.1, 0.15) is 10.4 Å². The van der Waals surface area contributed by atoms with E-state index in [1.54, 1.807) is 6.20 Å². The van der Waals surface area contributed by atoms with Crippen LogP contribution in [-0.2, 0) is 0 Å². The molecule has 1 aromatic carbocycles. The van der Waals surface area contributed by atoms with Gasteiger partial charge in [0.05, 0.1) is 16.6 Å². The van der Waals surface area contributed by atoms with Gasteiger partial charge in [0.15, 0.2) is 15.8 Å². The van der Waals surface area contributed by atoms with Gasteiger partial charge in [-0.05, 0) is 36.0 Å².